The Hall–Kier alpha value is -0.260. The van der Waals surface area contributed by atoms with Crippen LogP contribution in [0.1, 0.15) is 6.92 Å². The van der Waals surface area contributed by atoms with Crippen molar-refractivity contribution >= 4 is 17.7 Å². The molecule has 0 aliphatic heterocycles. The van der Waals surface area contributed by atoms with Gasteiger partial charge in [0.1, 0.15) is 6.61 Å². The average molecular weight is 193 g/mol. The minimum atomic E-state index is -0.460. The van der Waals surface area contributed by atoms with Gasteiger partial charge in [-0.15, -0.1) is 11.8 Å². The fourth-order valence-corrected chi connectivity index (χ4v) is 0.772. The second-order valence-corrected chi connectivity index (χ2v) is 3.32. The van der Waals surface area contributed by atoms with Crippen molar-refractivity contribution in [3.63, 3.8) is 0 Å². The number of nitrogens with one attached hydrogen (secondary N) is 1. The highest BCUT2D eigenvalue weighted by Gasteiger charge is 1.99. The van der Waals surface area contributed by atoms with Crippen LogP contribution in [0, 0.1) is 0 Å². The number of amides is 1. The van der Waals surface area contributed by atoms with Crippen LogP contribution in [0.2, 0.25) is 0 Å². The van der Waals surface area contributed by atoms with E-state index in [2.05, 4.69) is 5.32 Å². The smallest absolute Gasteiger partial charge is 0.245 e. The van der Waals surface area contributed by atoms with Crippen LogP contribution in [0.5, 0.6) is 0 Å². The average Bonchev–Trinajstić information content (AvgIpc) is 2.11. The van der Waals surface area contributed by atoms with E-state index in [1.807, 2.05) is 13.2 Å². The summed E-state index contributed by atoms with van der Waals surface area (Å²) in [5.74, 6) is -0.365. The van der Waals surface area contributed by atoms with Gasteiger partial charge in [0.25, 0.3) is 0 Å². The number of hydrogen-bond acceptors (Lipinski definition) is 4. The first-order valence-corrected chi connectivity index (χ1v) is 5.01. The van der Waals surface area contributed by atoms with E-state index in [1.165, 1.54) is 0 Å². The Morgan fingerprint density at radius 2 is 2.42 bits per heavy atom. The zero-order chi connectivity index (χ0) is 9.40. The first-order valence-electron chi connectivity index (χ1n) is 3.72. The van der Waals surface area contributed by atoms with Gasteiger partial charge in [-0.1, -0.05) is 0 Å². The van der Waals surface area contributed by atoms with Crippen LogP contribution in [0.15, 0.2) is 0 Å². The maximum absolute atomic E-state index is 10.5. The third-order valence-electron chi connectivity index (χ3n) is 1.25. The maximum Gasteiger partial charge on any atom is 0.245 e. The third-order valence-corrected chi connectivity index (χ3v) is 2.05. The molecule has 0 saturated heterocycles. The van der Waals surface area contributed by atoms with Gasteiger partial charge in [0.2, 0.25) is 5.91 Å². The SMILES string of the molecule is CSC(C)OCCNC(=O)CO. The summed E-state index contributed by atoms with van der Waals surface area (Å²) in [7, 11) is 0. The van der Waals surface area contributed by atoms with E-state index < -0.39 is 6.61 Å². The van der Waals surface area contributed by atoms with E-state index >= 15 is 0 Å². The number of thioether (sulfide) groups is 1. The van der Waals surface area contributed by atoms with E-state index in [4.69, 9.17) is 9.84 Å². The van der Waals surface area contributed by atoms with Crippen LogP contribution < -0.4 is 5.32 Å². The summed E-state index contributed by atoms with van der Waals surface area (Å²) in [5.41, 5.74) is 0.149. The second kappa shape index (κ2) is 7.39. The van der Waals surface area contributed by atoms with Crippen LogP contribution >= 0.6 is 11.8 Å². The summed E-state index contributed by atoms with van der Waals surface area (Å²) in [6.07, 6.45) is 1.96. The van der Waals surface area contributed by atoms with Crippen LogP contribution in [0.3, 0.4) is 0 Å². The van der Waals surface area contributed by atoms with E-state index in [-0.39, 0.29) is 11.3 Å². The second-order valence-electron chi connectivity index (χ2n) is 2.18. The number of rotatable bonds is 6. The molecule has 5 heteroatoms. The summed E-state index contributed by atoms with van der Waals surface area (Å²) in [6.45, 7) is 2.41. The highest BCUT2D eigenvalue weighted by atomic mass is 32.2. The Kier molecular flexibility index (Phi) is 7.23. The molecule has 1 atom stereocenters. The zero-order valence-corrected chi connectivity index (χ0v) is 8.19. The van der Waals surface area contributed by atoms with Crippen molar-refractivity contribution < 1.29 is 14.6 Å². The van der Waals surface area contributed by atoms with Crippen molar-refractivity contribution in [2.75, 3.05) is 26.0 Å². The molecule has 72 valence electrons. The van der Waals surface area contributed by atoms with Gasteiger partial charge >= 0.3 is 0 Å². The molecule has 0 radical (unpaired) electrons. The number of aliphatic hydroxyl groups is 1. The predicted molar refractivity (Wildman–Crippen MR) is 49.0 cm³/mol. The van der Waals surface area contributed by atoms with Gasteiger partial charge in [-0.2, -0.15) is 0 Å². The molecule has 0 aromatic carbocycles. The summed E-state index contributed by atoms with van der Waals surface area (Å²) in [5, 5.41) is 10.8. The monoisotopic (exact) mass is 193 g/mol. The molecule has 0 spiro atoms. The van der Waals surface area contributed by atoms with Gasteiger partial charge in [-0.25, -0.2) is 0 Å². The number of aliphatic hydroxyl groups excluding tert-OH is 1. The lowest BCUT2D eigenvalue weighted by Gasteiger charge is -2.09. The van der Waals surface area contributed by atoms with Crippen molar-refractivity contribution in [2.45, 2.75) is 12.4 Å². The third kappa shape index (κ3) is 6.45. The van der Waals surface area contributed by atoms with E-state index in [1.54, 1.807) is 11.8 Å². The Bertz CT molecular complexity index is 132. The molecule has 0 fully saturated rings. The van der Waals surface area contributed by atoms with Crippen LogP contribution in [0.25, 0.3) is 0 Å². The first-order chi connectivity index (χ1) is 5.70. The van der Waals surface area contributed by atoms with Crippen molar-refractivity contribution in [3.05, 3.63) is 0 Å². The standard InChI is InChI=1S/C7H15NO3S/c1-6(12-2)11-4-3-8-7(10)5-9/h6,9H,3-5H2,1-2H3,(H,8,10). The molecule has 4 nitrogen and oxygen atoms in total. The van der Waals surface area contributed by atoms with Gasteiger partial charge in [0.05, 0.1) is 12.0 Å². The Balaban J connectivity index is 3.15. The fraction of sp³-hybridized carbons (Fsp3) is 0.857. The number of carbonyl (C=O) groups excluding carboxylic acids is 1. The molecule has 0 bridgehead atoms. The van der Waals surface area contributed by atoms with E-state index in [0.29, 0.717) is 13.2 Å². The summed E-state index contributed by atoms with van der Waals surface area (Å²) >= 11 is 1.61. The van der Waals surface area contributed by atoms with Gasteiger partial charge in [-0.3, -0.25) is 4.79 Å². The van der Waals surface area contributed by atoms with Crippen LogP contribution in [-0.2, 0) is 9.53 Å². The van der Waals surface area contributed by atoms with Crippen molar-refractivity contribution in [2.24, 2.45) is 0 Å². The van der Waals surface area contributed by atoms with Gasteiger partial charge in [0, 0.05) is 6.54 Å². The van der Waals surface area contributed by atoms with E-state index in [9.17, 15) is 4.79 Å². The lowest BCUT2D eigenvalue weighted by atomic mass is 10.6. The van der Waals surface area contributed by atoms with E-state index in [0.717, 1.165) is 0 Å². The van der Waals surface area contributed by atoms with Gasteiger partial charge in [0.15, 0.2) is 0 Å². The Morgan fingerprint density at radius 3 is 2.92 bits per heavy atom. The molecule has 1 amide bonds. The molecule has 0 aliphatic rings. The topological polar surface area (TPSA) is 58.6 Å². The lowest BCUT2D eigenvalue weighted by Crippen LogP contribution is -2.30. The summed E-state index contributed by atoms with van der Waals surface area (Å²) in [4.78, 5) is 10.5. The van der Waals surface area contributed by atoms with Gasteiger partial charge < -0.3 is 15.2 Å². The molecule has 2 N–H and O–H groups in total. The molecular formula is C7H15NO3S. The minimum Gasteiger partial charge on any atom is -0.387 e. The highest BCUT2D eigenvalue weighted by molar-refractivity contribution is 7.99. The van der Waals surface area contributed by atoms with Crippen LogP contribution in [0.4, 0.5) is 0 Å². The van der Waals surface area contributed by atoms with Gasteiger partial charge in [-0.05, 0) is 13.2 Å². The summed E-state index contributed by atoms with van der Waals surface area (Å²) < 4.78 is 5.25. The fourth-order valence-electron chi connectivity index (χ4n) is 0.539. The summed E-state index contributed by atoms with van der Waals surface area (Å²) in [6, 6.07) is 0. The molecule has 1 unspecified atom stereocenters. The Labute approximate surface area is 76.7 Å². The highest BCUT2D eigenvalue weighted by Crippen LogP contribution is 2.04. The largest absolute Gasteiger partial charge is 0.387 e. The minimum absolute atomic E-state index is 0.149. The molecule has 12 heavy (non-hydrogen) atoms. The molecular weight excluding hydrogens is 178 g/mol. The molecule has 0 aromatic heterocycles. The Morgan fingerprint density at radius 1 is 1.75 bits per heavy atom. The predicted octanol–water partition coefficient (Wildman–Crippen LogP) is -0.180. The number of carbonyl (C=O) groups is 1. The first kappa shape index (κ1) is 11.7. The number of ether oxygens (including phenoxy) is 1. The lowest BCUT2D eigenvalue weighted by molar-refractivity contribution is -0.124. The van der Waals surface area contributed by atoms with Crippen molar-refractivity contribution in [3.8, 4) is 0 Å². The number of hydrogen-bond donors (Lipinski definition) is 2. The molecule has 0 aliphatic carbocycles. The molecule has 0 rings (SSSR count). The van der Waals surface area contributed by atoms with Crippen molar-refractivity contribution in [1.82, 2.24) is 5.32 Å². The molecule has 0 saturated carbocycles. The molecule has 0 heterocycles. The zero-order valence-electron chi connectivity index (χ0n) is 7.37. The normalized spacial score (nSPS) is 12.6. The quantitative estimate of drug-likeness (QED) is 0.454. The maximum atomic E-state index is 10.5. The van der Waals surface area contributed by atoms with Crippen LogP contribution in [-0.4, -0.2) is 42.5 Å². The molecule has 0 aromatic rings. The van der Waals surface area contributed by atoms with Crippen molar-refractivity contribution in [1.29, 1.82) is 0 Å².